The van der Waals surface area contributed by atoms with Crippen molar-refractivity contribution in [2.24, 2.45) is 0 Å². The van der Waals surface area contributed by atoms with Gasteiger partial charge in [-0.15, -0.1) is 11.3 Å². The average Bonchev–Trinajstić information content (AvgIpc) is 2.97. The van der Waals surface area contributed by atoms with Gasteiger partial charge in [0.25, 0.3) is 5.56 Å². The Labute approximate surface area is 149 Å². The Kier molecular flexibility index (Phi) is 4.72. The summed E-state index contributed by atoms with van der Waals surface area (Å²) in [5, 5.41) is 2.49. The zero-order valence-corrected chi connectivity index (χ0v) is 15.5. The molecule has 2 aromatic heterocycles. The maximum atomic E-state index is 12.9. The molecule has 2 heterocycles. The highest BCUT2D eigenvalue weighted by molar-refractivity contribution is 7.17. The molecule has 0 aliphatic rings. The topological polar surface area (TPSA) is 61.2 Å². The predicted octanol–water partition coefficient (Wildman–Crippen LogP) is 3.69. The fourth-order valence-electron chi connectivity index (χ4n) is 2.64. The van der Waals surface area contributed by atoms with Crippen molar-refractivity contribution in [1.29, 1.82) is 0 Å². The van der Waals surface area contributed by atoms with Crippen molar-refractivity contribution in [2.45, 2.75) is 40.3 Å². The number of hydrogen-bond acceptors (Lipinski definition) is 5. The average molecular weight is 356 g/mol. The number of thiophene rings is 1. The molecule has 3 aromatic rings. The molecule has 0 aliphatic carbocycles. The van der Waals surface area contributed by atoms with Crippen LogP contribution in [0.15, 0.2) is 34.7 Å². The van der Waals surface area contributed by atoms with E-state index >= 15 is 0 Å². The highest BCUT2D eigenvalue weighted by Gasteiger charge is 2.16. The third kappa shape index (κ3) is 3.49. The summed E-state index contributed by atoms with van der Waals surface area (Å²) < 4.78 is 6.43. The lowest BCUT2D eigenvalue weighted by Gasteiger charge is -2.09. The smallest absolute Gasteiger partial charge is 0.326 e. The van der Waals surface area contributed by atoms with Crippen molar-refractivity contribution in [3.05, 3.63) is 51.4 Å². The summed E-state index contributed by atoms with van der Waals surface area (Å²) in [6.07, 6.45) is 1.19. The van der Waals surface area contributed by atoms with Crippen molar-refractivity contribution in [3.8, 4) is 11.1 Å². The van der Waals surface area contributed by atoms with Crippen LogP contribution in [0.2, 0.25) is 0 Å². The Morgan fingerprint density at radius 2 is 2.04 bits per heavy atom. The molecule has 0 atom stereocenters. The third-order valence-corrected chi connectivity index (χ3v) is 4.93. The van der Waals surface area contributed by atoms with Gasteiger partial charge in [-0.2, -0.15) is 0 Å². The van der Waals surface area contributed by atoms with Crippen LogP contribution >= 0.6 is 11.3 Å². The summed E-state index contributed by atoms with van der Waals surface area (Å²) >= 11 is 1.43. The van der Waals surface area contributed by atoms with Gasteiger partial charge in [-0.1, -0.05) is 18.2 Å². The number of carbonyl (C=O) groups excluding carboxylic acids is 1. The van der Waals surface area contributed by atoms with Crippen LogP contribution in [0.5, 0.6) is 0 Å². The Hall–Kier alpha value is -2.47. The normalized spacial score (nSPS) is 11.2. The molecule has 130 valence electrons. The van der Waals surface area contributed by atoms with Crippen molar-refractivity contribution in [2.75, 3.05) is 0 Å². The van der Waals surface area contributed by atoms with E-state index in [1.807, 2.05) is 24.4 Å². The summed E-state index contributed by atoms with van der Waals surface area (Å²) in [7, 11) is 0. The van der Waals surface area contributed by atoms with E-state index in [1.54, 1.807) is 13.8 Å². The molecular formula is C19H20N2O3S. The van der Waals surface area contributed by atoms with Gasteiger partial charge in [-0.05, 0) is 44.4 Å². The fourth-order valence-corrected chi connectivity index (χ4v) is 3.55. The summed E-state index contributed by atoms with van der Waals surface area (Å²) in [5.41, 5.74) is 3.99. The zero-order chi connectivity index (χ0) is 18.1. The van der Waals surface area contributed by atoms with Crippen LogP contribution in [-0.4, -0.2) is 21.6 Å². The number of ether oxygens (including phenoxy) is 1. The molecule has 0 saturated heterocycles. The molecular weight excluding hydrogens is 336 g/mol. The monoisotopic (exact) mass is 356 g/mol. The number of carbonyl (C=O) groups is 1. The van der Waals surface area contributed by atoms with Gasteiger partial charge < -0.3 is 4.74 Å². The molecule has 0 amide bonds. The lowest BCUT2D eigenvalue weighted by Crippen LogP contribution is -2.26. The molecule has 0 aliphatic heterocycles. The van der Waals surface area contributed by atoms with E-state index in [9.17, 15) is 9.59 Å². The highest BCUT2D eigenvalue weighted by Crippen LogP contribution is 2.31. The first-order valence-electron chi connectivity index (χ1n) is 8.10. The Balaban J connectivity index is 2.07. The summed E-state index contributed by atoms with van der Waals surface area (Å²) in [4.78, 5) is 29.8. The molecule has 0 saturated carbocycles. The van der Waals surface area contributed by atoms with Gasteiger partial charge in [0.2, 0.25) is 0 Å². The van der Waals surface area contributed by atoms with Crippen LogP contribution in [0.4, 0.5) is 0 Å². The standard InChI is InChI=1S/C19H20N2O3S/c1-11(2)24-16(22)8-21-10-20-18-17(19(21)23)15(9-25-18)14-6-5-12(3)13(4)7-14/h5-7,9-11H,8H2,1-4H3. The van der Waals surface area contributed by atoms with Crippen LogP contribution in [-0.2, 0) is 16.1 Å². The van der Waals surface area contributed by atoms with Gasteiger partial charge in [0.1, 0.15) is 11.4 Å². The fraction of sp³-hybridized carbons (Fsp3) is 0.316. The van der Waals surface area contributed by atoms with Gasteiger partial charge in [0, 0.05) is 10.9 Å². The van der Waals surface area contributed by atoms with E-state index in [1.165, 1.54) is 33.4 Å². The Bertz CT molecular complexity index is 1000. The van der Waals surface area contributed by atoms with Crippen LogP contribution in [0.1, 0.15) is 25.0 Å². The van der Waals surface area contributed by atoms with E-state index in [0.717, 1.165) is 11.1 Å². The van der Waals surface area contributed by atoms with E-state index in [4.69, 9.17) is 4.74 Å². The third-order valence-electron chi connectivity index (χ3n) is 4.05. The van der Waals surface area contributed by atoms with Gasteiger partial charge >= 0.3 is 5.97 Å². The van der Waals surface area contributed by atoms with Crippen LogP contribution in [0, 0.1) is 13.8 Å². The minimum absolute atomic E-state index is 0.137. The SMILES string of the molecule is Cc1ccc(-c2csc3ncn(CC(=O)OC(C)C)c(=O)c23)cc1C. The molecule has 1 aromatic carbocycles. The number of hydrogen-bond donors (Lipinski definition) is 0. The number of aromatic nitrogens is 2. The lowest BCUT2D eigenvalue weighted by molar-refractivity contribution is -0.148. The Morgan fingerprint density at radius 3 is 2.72 bits per heavy atom. The van der Waals surface area contributed by atoms with Gasteiger partial charge in [-0.25, -0.2) is 4.98 Å². The minimum atomic E-state index is -0.443. The van der Waals surface area contributed by atoms with Crippen molar-refractivity contribution < 1.29 is 9.53 Å². The number of fused-ring (bicyclic) bond motifs is 1. The molecule has 3 rings (SSSR count). The first kappa shape index (κ1) is 17.4. The minimum Gasteiger partial charge on any atom is -0.462 e. The van der Waals surface area contributed by atoms with E-state index in [-0.39, 0.29) is 18.2 Å². The molecule has 6 heteroatoms. The van der Waals surface area contributed by atoms with Crippen LogP contribution in [0.3, 0.4) is 0 Å². The first-order chi connectivity index (χ1) is 11.9. The number of nitrogens with zero attached hydrogens (tertiary/aromatic N) is 2. The van der Waals surface area contributed by atoms with Crippen LogP contribution in [0.25, 0.3) is 21.3 Å². The van der Waals surface area contributed by atoms with E-state index < -0.39 is 5.97 Å². The molecule has 0 bridgehead atoms. The largest absolute Gasteiger partial charge is 0.462 e. The summed E-state index contributed by atoms with van der Waals surface area (Å²) in [5.74, 6) is -0.443. The molecule has 0 unspecified atom stereocenters. The lowest BCUT2D eigenvalue weighted by atomic mass is 10.0. The number of aryl methyl sites for hydroxylation is 2. The molecule has 25 heavy (non-hydrogen) atoms. The molecule has 5 nitrogen and oxygen atoms in total. The van der Waals surface area contributed by atoms with Gasteiger partial charge in [0.15, 0.2) is 0 Å². The van der Waals surface area contributed by atoms with Gasteiger partial charge in [0.05, 0.1) is 17.8 Å². The highest BCUT2D eigenvalue weighted by atomic mass is 32.1. The van der Waals surface area contributed by atoms with Crippen molar-refractivity contribution >= 4 is 27.5 Å². The Morgan fingerprint density at radius 1 is 1.28 bits per heavy atom. The maximum absolute atomic E-state index is 12.9. The zero-order valence-electron chi connectivity index (χ0n) is 14.7. The molecule has 0 fully saturated rings. The predicted molar refractivity (Wildman–Crippen MR) is 100 cm³/mol. The van der Waals surface area contributed by atoms with E-state index in [0.29, 0.717) is 10.2 Å². The molecule has 0 spiro atoms. The van der Waals surface area contributed by atoms with Crippen molar-refractivity contribution in [3.63, 3.8) is 0 Å². The number of esters is 1. The second-order valence-electron chi connectivity index (χ2n) is 6.34. The molecule has 0 radical (unpaired) electrons. The second-order valence-corrected chi connectivity index (χ2v) is 7.20. The summed E-state index contributed by atoms with van der Waals surface area (Å²) in [6.45, 7) is 7.52. The first-order valence-corrected chi connectivity index (χ1v) is 8.98. The van der Waals surface area contributed by atoms with Gasteiger partial charge in [-0.3, -0.25) is 14.2 Å². The van der Waals surface area contributed by atoms with Crippen molar-refractivity contribution in [1.82, 2.24) is 9.55 Å². The quantitative estimate of drug-likeness (QED) is 0.669. The van der Waals surface area contributed by atoms with E-state index in [2.05, 4.69) is 18.0 Å². The van der Waals surface area contributed by atoms with Crippen LogP contribution < -0.4 is 5.56 Å². The number of benzene rings is 1. The summed E-state index contributed by atoms with van der Waals surface area (Å²) in [6, 6.07) is 6.12. The maximum Gasteiger partial charge on any atom is 0.326 e. The molecule has 0 N–H and O–H groups in total. The number of rotatable bonds is 4. The second kappa shape index (κ2) is 6.80.